The van der Waals surface area contributed by atoms with Gasteiger partial charge < -0.3 is 5.32 Å². The Morgan fingerprint density at radius 3 is 2.17 bits per heavy atom. The van der Waals surface area contributed by atoms with Gasteiger partial charge in [-0.15, -0.1) is 10.2 Å². The van der Waals surface area contributed by atoms with Gasteiger partial charge in [-0.3, -0.25) is 0 Å². The van der Waals surface area contributed by atoms with Crippen molar-refractivity contribution in [2.75, 3.05) is 11.9 Å². The van der Waals surface area contributed by atoms with Gasteiger partial charge in [-0.05, 0) is 13.8 Å². The molecule has 0 fully saturated rings. The monoisotopic (exact) mass is 187 g/mol. The highest BCUT2D eigenvalue weighted by Crippen LogP contribution is 2.12. The zero-order valence-corrected chi connectivity index (χ0v) is 9.03. The molecule has 0 bridgehead atoms. The second-order valence-corrected chi connectivity index (χ2v) is 3.55. The zero-order chi connectivity index (χ0) is 9.40. The van der Waals surface area contributed by atoms with Gasteiger partial charge in [0.15, 0.2) is 0 Å². The van der Waals surface area contributed by atoms with Gasteiger partial charge in [0.25, 0.3) is 0 Å². The molecule has 3 nitrogen and oxygen atoms in total. The molecule has 1 heterocycles. The minimum Gasteiger partial charge on any atom is -0.360 e. The van der Waals surface area contributed by atoms with Crippen LogP contribution in [0.5, 0.6) is 0 Å². The number of nitrogens with zero attached hydrogens (tertiary/aromatic N) is 2. The number of aryl methyl sites for hydroxylation is 1. The van der Waals surface area contributed by atoms with Gasteiger partial charge in [0.2, 0.25) is 5.13 Å². The van der Waals surface area contributed by atoms with E-state index in [1.54, 1.807) is 11.3 Å². The largest absolute Gasteiger partial charge is 0.360 e. The molecule has 0 amide bonds. The maximum Gasteiger partial charge on any atom is 0.205 e. The fraction of sp³-hybridized carbons (Fsp3) is 0.750. The molecule has 1 N–H and O–H groups in total. The Labute approximate surface area is 78.2 Å². The van der Waals surface area contributed by atoms with Gasteiger partial charge in [-0.25, -0.2) is 0 Å². The van der Waals surface area contributed by atoms with Crippen molar-refractivity contribution < 1.29 is 0 Å². The predicted molar refractivity (Wildman–Crippen MR) is 54.8 cm³/mol. The van der Waals surface area contributed by atoms with E-state index in [4.69, 9.17) is 0 Å². The van der Waals surface area contributed by atoms with Gasteiger partial charge >= 0.3 is 0 Å². The Kier molecular flexibility index (Phi) is 6.66. The Hall–Kier alpha value is -0.640. The summed E-state index contributed by atoms with van der Waals surface area (Å²) in [6, 6.07) is 0. The first-order chi connectivity index (χ1) is 5.74. The third-order valence-corrected chi connectivity index (χ3v) is 1.65. The molecule has 0 atom stereocenters. The lowest BCUT2D eigenvalue weighted by molar-refractivity contribution is 1.03. The first-order valence-corrected chi connectivity index (χ1v) is 5.10. The van der Waals surface area contributed by atoms with Gasteiger partial charge in [0.1, 0.15) is 5.01 Å². The fourth-order valence-corrected chi connectivity index (χ4v) is 1.18. The average Bonchev–Trinajstić information content (AvgIpc) is 2.38. The van der Waals surface area contributed by atoms with Crippen LogP contribution in [0.25, 0.3) is 0 Å². The maximum atomic E-state index is 3.86. The summed E-state index contributed by atoms with van der Waals surface area (Å²) in [5, 5.41) is 12.7. The van der Waals surface area contributed by atoms with Crippen molar-refractivity contribution >= 4 is 16.5 Å². The van der Waals surface area contributed by atoms with Crippen LogP contribution in [0, 0.1) is 6.92 Å². The summed E-state index contributed by atoms with van der Waals surface area (Å²) < 4.78 is 0. The van der Waals surface area contributed by atoms with Crippen LogP contribution in [0.1, 0.15) is 32.2 Å². The second-order valence-electron chi connectivity index (χ2n) is 2.36. The number of hydrogen-bond acceptors (Lipinski definition) is 4. The van der Waals surface area contributed by atoms with Gasteiger partial charge in [-0.1, -0.05) is 31.6 Å². The summed E-state index contributed by atoms with van der Waals surface area (Å²) in [4.78, 5) is 0. The summed E-state index contributed by atoms with van der Waals surface area (Å²) >= 11 is 1.58. The van der Waals surface area contributed by atoms with Crippen molar-refractivity contribution in [1.82, 2.24) is 10.2 Å². The van der Waals surface area contributed by atoms with Crippen molar-refractivity contribution in [1.29, 1.82) is 0 Å². The molecule has 0 unspecified atom stereocenters. The summed E-state index contributed by atoms with van der Waals surface area (Å²) in [7, 11) is 0. The molecule has 4 heteroatoms. The van der Waals surface area contributed by atoms with Crippen LogP contribution in [-0.4, -0.2) is 16.7 Å². The van der Waals surface area contributed by atoms with E-state index in [0.717, 1.165) is 16.7 Å². The summed E-state index contributed by atoms with van der Waals surface area (Å²) in [5.74, 6) is 0. The molecule has 0 aliphatic carbocycles. The van der Waals surface area contributed by atoms with Crippen molar-refractivity contribution in [2.45, 2.75) is 34.1 Å². The van der Waals surface area contributed by atoms with Crippen LogP contribution >= 0.6 is 11.3 Å². The standard InChI is InChI=1S/C5H9N3S.C3H8/c1-3-6-5-8-7-4(2)9-5;1-3-2/h3H2,1-2H3,(H,6,8);3H2,1-2H3. The van der Waals surface area contributed by atoms with Crippen LogP contribution in [0.2, 0.25) is 0 Å². The predicted octanol–water partition coefficient (Wildman–Crippen LogP) is 2.69. The van der Waals surface area contributed by atoms with E-state index < -0.39 is 0 Å². The van der Waals surface area contributed by atoms with E-state index >= 15 is 0 Å². The topological polar surface area (TPSA) is 37.8 Å². The molecule has 1 rings (SSSR count). The van der Waals surface area contributed by atoms with Crippen LogP contribution < -0.4 is 5.32 Å². The summed E-state index contributed by atoms with van der Waals surface area (Å²) in [5.41, 5.74) is 0. The molecular weight excluding hydrogens is 170 g/mol. The lowest BCUT2D eigenvalue weighted by atomic mass is 10.6. The van der Waals surface area contributed by atoms with Crippen molar-refractivity contribution in [3.8, 4) is 0 Å². The smallest absolute Gasteiger partial charge is 0.205 e. The highest BCUT2D eigenvalue weighted by atomic mass is 32.1. The molecule has 0 saturated carbocycles. The maximum absolute atomic E-state index is 3.86. The SMILES string of the molecule is CCC.CCNc1nnc(C)s1. The lowest BCUT2D eigenvalue weighted by Gasteiger charge is -1.90. The van der Waals surface area contributed by atoms with Crippen LogP contribution in [0.4, 0.5) is 5.13 Å². The summed E-state index contributed by atoms with van der Waals surface area (Å²) in [6.07, 6.45) is 1.25. The molecule has 12 heavy (non-hydrogen) atoms. The zero-order valence-electron chi connectivity index (χ0n) is 8.22. The van der Waals surface area contributed by atoms with Crippen molar-refractivity contribution in [3.05, 3.63) is 5.01 Å². The van der Waals surface area contributed by atoms with E-state index in [1.165, 1.54) is 6.42 Å². The number of aromatic nitrogens is 2. The molecule has 0 aliphatic rings. The van der Waals surface area contributed by atoms with Gasteiger partial charge in [-0.2, -0.15) is 0 Å². The molecule has 0 radical (unpaired) electrons. The Balaban J connectivity index is 0.000000354. The van der Waals surface area contributed by atoms with Crippen molar-refractivity contribution in [2.24, 2.45) is 0 Å². The average molecular weight is 187 g/mol. The third-order valence-electron chi connectivity index (χ3n) is 0.854. The number of anilines is 1. The van der Waals surface area contributed by atoms with Crippen LogP contribution in [-0.2, 0) is 0 Å². The fourth-order valence-electron chi connectivity index (χ4n) is 0.519. The first kappa shape index (κ1) is 11.4. The van der Waals surface area contributed by atoms with Crippen LogP contribution in [0.15, 0.2) is 0 Å². The molecule has 0 spiro atoms. The molecule has 1 aromatic heterocycles. The molecule has 1 aromatic rings. The van der Waals surface area contributed by atoms with E-state index in [0.29, 0.717) is 0 Å². The molecule has 0 saturated heterocycles. The minimum atomic E-state index is 0.911. The Morgan fingerprint density at radius 1 is 1.25 bits per heavy atom. The van der Waals surface area contributed by atoms with Crippen molar-refractivity contribution in [3.63, 3.8) is 0 Å². The molecule has 0 aromatic carbocycles. The minimum absolute atomic E-state index is 0.911. The van der Waals surface area contributed by atoms with Gasteiger partial charge in [0.05, 0.1) is 0 Å². The molecule has 70 valence electrons. The van der Waals surface area contributed by atoms with E-state index in [1.807, 2.05) is 13.8 Å². The number of nitrogens with one attached hydrogen (secondary N) is 1. The lowest BCUT2D eigenvalue weighted by Crippen LogP contribution is -1.94. The highest BCUT2D eigenvalue weighted by molar-refractivity contribution is 7.15. The van der Waals surface area contributed by atoms with E-state index in [9.17, 15) is 0 Å². The summed E-state index contributed by atoms with van der Waals surface area (Å²) in [6.45, 7) is 9.14. The van der Waals surface area contributed by atoms with E-state index in [2.05, 4.69) is 29.4 Å². The quantitative estimate of drug-likeness (QED) is 0.773. The normalized spacial score (nSPS) is 8.67. The Bertz CT molecular complexity index is 198. The number of hydrogen-bond donors (Lipinski definition) is 1. The van der Waals surface area contributed by atoms with E-state index in [-0.39, 0.29) is 0 Å². The molecule has 0 aliphatic heterocycles. The van der Waals surface area contributed by atoms with Gasteiger partial charge in [0, 0.05) is 6.54 Å². The highest BCUT2D eigenvalue weighted by Gasteiger charge is 1.94. The second kappa shape index (κ2) is 7.03. The third kappa shape index (κ3) is 5.07. The Morgan fingerprint density at radius 2 is 1.83 bits per heavy atom. The molecular formula is C8H17N3S. The first-order valence-electron chi connectivity index (χ1n) is 4.28. The number of rotatable bonds is 2. The van der Waals surface area contributed by atoms with Crippen LogP contribution in [0.3, 0.4) is 0 Å².